The lowest BCUT2D eigenvalue weighted by atomic mass is 9.91. The fourth-order valence-electron chi connectivity index (χ4n) is 4.97. The van der Waals surface area contributed by atoms with Crippen LogP contribution in [0.3, 0.4) is 0 Å². The number of hydrogen-bond donors (Lipinski definition) is 0. The molecule has 0 bridgehead atoms. The summed E-state index contributed by atoms with van der Waals surface area (Å²) in [6.07, 6.45) is 0. The molecule has 0 aliphatic rings. The fourth-order valence-corrected chi connectivity index (χ4v) is 4.97. The summed E-state index contributed by atoms with van der Waals surface area (Å²) in [5.41, 5.74) is 3.81. The Hall–Kier alpha value is -6.54. The minimum atomic E-state index is -0.586. The van der Waals surface area contributed by atoms with Crippen LogP contribution < -0.4 is 18.9 Å². The van der Waals surface area contributed by atoms with Gasteiger partial charge in [0.25, 0.3) is 0 Å². The summed E-state index contributed by atoms with van der Waals surface area (Å²) in [5, 5.41) is 3.02. The first-order valence-electron chi connectivity index (χ1n) is 15.5. The van der Waals surface area contributed by atoms with E-state index >= 15 is 0 Å². The Kier molecular flexibility index (Phi) is 9.94. The second-order valence-electron chi connectivity index (χ2n) is 12.0. The van der Waals surface area contributed by atoms with Gasteiger partial charge in [-0.05, 0) is 132 Å². The van der Waals surface area contributed by atoms with Crippen LogP contribution in [0.5, 0.6) is 23.0 Å². The summed E-state index contributed by atoms with van der Waals surface area (Å²) in [4.78, 5) is 49.6. The van der Waals surface area contributed by atoms with Crippen molar-refractivity contribution in [2.75, 3.05) is 0 Å². The van der Waals surface area contributed by atoms with Crippen LogP contribution in [0.2, 0.25) is 0 Å². The number of ether oxygens (including phenoxy) is 4. The molecule has 50 heavy (non-hydrogen) atoms. The predicted octanol–water partition coefficient (Wildman–Crippen LogP) is 9.25. The highest BCUT2D eigenvalue weighted by Crippen LogP contribution is 2.41. The summed E-state index contributed by atoms with van der Waals surface area (Å²) < 4.78 is 22.3. The third-order valence-corrected chi connectivity index (χ3v) is 7.52. The van der Waals surface area contributed by atoms with Gasteiger partial charge in [-0.15, -0.1) is 0 Å². The molecule has 0 unspecified atom stereocenters. The van der Waals surface area contributed by atoms with Crippen LogP contribution in [-0.2, 0) is 19.2 Å². The molecule has 8 nitrogen and oxygen atoms in total. The molecule has 0 aliphatic heterocycles. The minimum absolute atomic E-state index is 0.232. The molecule has 0 heterocycles. The smallest absolute Gasteiger partial charge is 0.338 e. The van der Waals surface area contributed by atoms with Crippen molar-refractivity contribution in [1.29, 1.82) is 0 Å². The molecule has 0 aromatic heterocycles. The molecule has 8 heteroatoms. The van der Waals surface area contributed by atoms with Crippen LogP contribution in [0.25, 0.3) is 43.8 Å². The van der Waals surface area contributed by atoms with Gasteiger partial charge in [-0.25, -0.2) is 19.2 Å². The van der Waals surface area contributed by atoms with Gasteiger partial charge in [0.05, 0.1) is 0 Å². The van der Waals surface area contributed by atoms with Crippen LogP contribution >= 0.6 is 0 Å². The van der Waals surface area contributed by atoms with E-state index in [9.17, 15) is 19.2 Å². The van der Waals surface area contributed by atoms with Gasteiger partial charge in [0, 0.05) is 22.3 Å². The molecule has 0 N–H and O–H groups in total. The summed E-state index contributed by atoms with van der Waals surface area (Å²) in [5.74, 6) is -1.05. The van der Waals surface area contributed by atoms with E-state index in [4.69, 9.17) is 18.9 Å². The second kappa shape index (κ2) is 14.3. The van der Waals surface area contributed by atoms with Gasteiger partial charge in [-0.3, -0.25) is 0 Å². The SMILES string of the molecule is C=C(C)C(=O)Oc1ccc(-c2cc(OC(=O)C(=C)C)cc3cc4c(-c5cccc(OC(=O)C(=C)C)c5)cc(OC(=O)C(=C)C)cc4cc23)cc1. The lowest BCUT2D eigenvalue weighted by Crippen LogP contribution is -2.09. The number of benzene rings is 5. The Bertz CT molecular complexity index is 2290. The maximum atomic E-state index is 12.6. The summed E-state index contributed by atoms with van der Waals surface area (Å²) in [6.45, 7) is 20.9. The van der Waals surface area contributed by atoms with Gasteiger partial charge < -0.3 is 18.9 Å². The van der Waals surface area contributed by atoms with Gasteiger partial charge in [-0.1, -0.05) is 50.6 Å². The van der Waals surface area contributed by atoms with E-state index in [0.717, 1.165) is 27.1 Å². The molecular formula is C42H34O8. The van der Waals surface area contributed by atoms with Gasteiger partial charge in [-0.2, -0.15) is 0 Å². The maximum absolute atomic E-state index is 12.6. The Labute approximate surface area is 289 Å². The van der Waals surface area contributed by atoms with Gasteiger partial charge in [0.2, 0.25) is 0 Å². The zero-order valence-corrected chi connectivity index (χ0v) is 28.2. The van der Waals surface area contributed by atoms with E-state index < -0.39 is 23.9 Å². The van der Waals surface area contributed by atoms with Gasteiger partial charge in [0.1, 0.15) is 23.0 Å². The van der Waals surface area contributed by atoms with E-state index in [0.29, 0.717) is 33.9 Å². The largest absolute Gasteiger partial charge is 0.423 e. The van der Waals surface area contributed by atoms with Crippen molar-refractivity contribution in [2.45, 2.75) is 27.7 Å². The molecule has 0 fully saturated rings. The maximum Gasteiger partial charge on any atom is 0.338 e. The summed E-state index contributed by atoms with van der Waals surface area (Å²) >= 11 is 0. The van der Waals surface area contributed by atoms with Crippen molar-refractivity contribution >= 4 is 45.4 Å². The molecule has 0 aliphatic carbocycles. The van der Waals surface area contributed by atoms with Crippen LogP contribution in [0.1, 0.15) is 27.7 Å². The number of carbonyl (C=O) groups excluding carboxylic acids is 4. The lowest BCUT2D eigenvalue weighted by molar-refractivity contribution is -0.130. The molecular weight excluding hydrogens is 632 g/mol. The van der Waals surface area contributed by atoms with Gasteiger partial charge >= 0.3 is 23.9 Å². The number of hydrogen-bond acceptors (Lipinski definition) is 8. The molecule has 5 rings (SSSR count). The molecule has 0 saturated heterocycles. The zero-order chi connectivity index (χ0) is 36.3. The third-order valence-electron chi connectivity index (χ3n) is 7.52. The van der Waals surface area contributed by atoms with Crippen LogP contribution in [0.15, 0.2) is 134 Å². The van der Waals surface area contributed by atoms with Crippen molar-refractivity contribution in [2.24, 2.45) is 0 Å². The first kappa shape index (κ1) is 34.8. The normalized spacial score (nSPS) is 10.6. The van der Waals surface area contributed by atoms with E-state index in [1.54, 1.807) is 94.4 Å². The third kappa shape index (κ3) is 7.77. The van der Waals surface area contributed by atoms with Crippen molar-refractivity contribution in [3.63, 3.8) is 0 Å². The van der Waals surface area contributed by atoms with Crippen molar-refractivity contribution in [3.05, 3.63) is 134 Å². The topological polar surface area (TPSA) is 105 Å². The van der Waals surface area contributed by atoms with Crippen LogP contribution in [-0.4, -0.2) is 23.9 Å². The number of esters is 4. The molecule has 0 spiro atoms. The molecule has 0 amide bonds. The van der Waals surface area contributed by atoms with Crippen LogP contribution in [0.4, 0.5) is 0 Å². The van der Waals surface area contributed by atoms with E-state index in [2.05, 4.69) is 26.3 Å². The Morgan fingerprint density at radius 2 is 0.820 bits per heavy atom. The highest BCUT2D eigenvalue weighted by Gasteiger charge is 2.17. The van der Waals surface area contributed by atoms with Crippen LogP contribution in [0, 0.1) is 0 Å². The number of rotatable bonds is 10. The quantitative estimate of drug-likeness (QED) is 0.0629. The van der Waals surface area contributed by atoms with E-state index in [1.807, 2.05) is 18.2 Å². The second-order valence-corrected chi connectivity index (χ2v) is 12.0. The minimum Gasteiger partial charge on any atom is -0.423 e. The molecule has 5 aromatic rings. The summed E-state index contributed by atoms with van der Waals surface area (Å²) in [7, 11) is 0. The lowest BCUT2D eigenvalue weighted by Gasteiger charge is -2.16. The first-order valence-corrected chi connectivity index (χ1v) is 15.5. The standard InChI is InChI=1S/C42H34O8/c1-23(2)39(43)47-31-14-12-27(13-15-31)37-21-33(49-41(45)25(5)6)17-29-20-36-30(19-35(29)37)18-34(50-42(46)26(7)8)22-38(36)28-10-9-11-32(16-28)48-40(44)24(3)4/h9-22H,1,3,5,7H2,2,4,6,8H3. The van der Waals surface area contributed by atoms with E-state index in [1.165, 1.54) is 0 Å². The zero-order valence-electron chi connectivity index (χ0n) is 28.2. The average molecular weight is 667 g/mol. The monoisotopic (exact) mass is 666 g/mol. The molecule has 0 atom stereocenters. The highest BCUT2D eigenvalue weighted by atomic mass is 16.5. The molecule has 5 aromatic carbocycles. The number of carbonyl (C=O) groups is 4. The molecule has 0 saturated carbocycles. The molecule has 0 radical (unpaired) electrons. The molecule has 250 valence electrons. The van der Waals surface area contributed by atoms with Crippen molar-refractivity contribution < 1.29 is 38.1 Å². The summed E-state index contributed by atoms with van der Waals surface area (Å²) in [6, 6.07) is 24.8. The predicted molar refractivity (Wildman–Crippen MR) is 194 cm³/mol. The van der Waals surface area contributed by atoms with Gasteiger partial charge in [0.15, 0.2) is 0 Å². The van der Waals surface area contributed by atoms with Crippen molar-refractivity contribution in [3.8, 4) is 45.3 Å². The highest BCUT2D eigenvalue weighted by molar-refractivity contribution is 6.10. The van der Waals surface area contributed by atoms with E-state index in [-0.39, 0.29) is 28.0 Å². The van der Waals surface area contributed by atoms with Crippen molar-refractivity contribution in [1.82, 2.24) is 0 Å². The Morgan fingerprint density at radius 3 is 1.26 bits per heavy atom. The average Bonchev–Trinajstić information content (AvgIpc) is 3.07. The Balaban J connectivity index is 1.75. The number of fused-ring (bicyclic) bond motifs is 2. The Morgan fingerprint density at radius 1 is 0.420 bits per heavy atom. The fraction of sp³-hybridized carbons (Fsp3) is 0.0952. The first-order chi connectivity index (χ1) is 23.7.